The van der Waals surface area contributed by atoms with Gasteiger partial charge in [-0.25, -0.2) is 9.97 Å². The predicted molar refractivity (Wildman–Crippen MR) is 97.2 cm³/mol. The number of ether oxygens (including phenoxy) is 1. The molecule has 0 saturated carbocycles. The van der Waals surface area contributed by atoms with Crippen LogP contribution in [0.5, 0.6) is 5.88 Å². The average Bonchev–Trinajstić information content (AvgIpc) is 3.12. The summed E-state index contributed by atoms with van der Waals surface area (Å²) in [6, 6.07) is 5.62. The highest BCUT2D eigenvalue weighted by Gasteiger charge is 2.27. The van der Waals surface area contributed by atoms with E-state index in [1.165, 1.54) is 0 Å². The summed E-state index contributed by atoms with van der Waals surface area (Å²) in [6.07, 6.45) is 6.84. The Morgan fingerprint density at radius 1 is 1.23 bits per heavy atom. The summed E-state index contributed by atoms with van der Waals surface area (Å²) in [4.78, 5) is 30.9. The molecule has 0 aliphatic carbocycles. The van der Waals surface area contributed by atoms with Gasteiger partial charge in [0.05, 0.1) is 6.61 Å². The molecule has 3 aromatic heterocycles. The van der Waals surface area contributed by atoms with Crippen molar-refractivity contribution < 1.29 is 9.53 Å². The van der Waals surface area contributed by atoms with Crippen molar-refractivity contribution in [3.63, 3.8) is 0 Å². The van der Waals surface area contributed by atoms with Gasteiger partial charge in [0, 0.05) is 43.3 Å². The van der Waals surface area contributed by atoms with Crippen molar-refractivity contribution >= 4 is 17.1 Å². The van der Waals surface area contributed by atoms with Crippen molar-refractivity contribution in [1.29, 1.82) is 0 Å². The Hall–Kier alpha value is -2.96. The van der Waals surface area contributed by atoms with Crippen LogP contribution < -0.4 is 4.74 Å². The number of aromatic nitrogens is 4. The van der Waals surface area contributed by atoms with Crippen molar-refractivity contribution in [2.75, 3.05) is 19.7 Å². The summed E-state index contributed by atoms with van der Waals surface area (Å²) >= 11 is 0. The number of hydrogen-bond donors (Lipinski definition) is 1. The van der Waals surface area contributed by atoms with Crippen LogP contribution in [0.15, 0.2) is 36.8 Å². The van der Waals surface area contributed by atoms with E-state index in [0.717, 1.165) is 29.7 Å². The van der Waals surface area contributed by atoms with Crippen molar-refractivity contribution in [2.24, 2.45) is 0 Å². The van der Waals surface area contributed by atoms with Gasteiger partial charge in [-0.3, -0.25) is 9.78 Å². The van der Waals surface area contributed by atoms with E-state index in [0.29, 0.717) is 37.1 Å². The zero-order valence-corrected chi connectivity index (χ0v) is 14.7. The molecule has 0 bridgehead atoms. The van der Waals surface area contributed by atoms with Crippen LogP contribution in [0.4, 0.5) is 0 Å². The highest BCUT2D eigenvalue weighted by Crippen LogP contribution is 2.30. The summed E-state index contributed by atoms with van der Waals surface area (Å²) in [7, 11) is 0. The molecule has 4 rings (SSSR count). The van der Waals surface area contributed by atoms with Gasteiger partial charge in [0.25, 0.3) is 5.91 Å². The lowest BCUT2D eigenvalue weighted by Gasteiger charge is -2.31. The molecule has 1 fully saturated rings. The van der Waals surface area contributed by atoms with Gasteiger partial charge < -0.3 is 14.6 Å². The SMILES string of the molecule is CCOc1ncccc1C(=O)N1CCC(c2cc3nccnc3[nH]2)CC1. The Morgan fingerprint density at radius 3 is 2.81 bits per heavy atom. The molecule has 0 atom stereocenters. The van der Waals surface area contributed by atoms with Crippen LogP contribution in [0.2, 0.25) is 0 Å². The second-order valence-electron chi connectivity index (χ2n) is 6.37. The number of nitrogens with zero attached hydrogens (tertiary/aromatic N) is 4. The van der Waals surface area contributed by atoms with Crippen LogP contribution in [-0.4, -0.2) is 50.4 Å². The van der Waals surface area contributed by atoms with Crippen LogP contribution in [0.1, 0.15) is 41.7 Å². The summed E-state index contributed by atoms with van der Waals surface area (Å²) in [5, 5.41) is 0. The number of carbonyl (C=O) groups is 1. The molecule has 0 aromatic carbocycles. The molecule has 3 aromatic rings. The smallest absolute Gasteiger partial charge is 0.259 e. The first-order valence-corrected chi connectivity index (χ1v) is 8.93. The van der Waals surface area contributed by atoms with Gasteiger partial charge in [0.15, 0.2) is 5.65 Å². The van der Waals surface area contributed by atoms with E-state index in [2.05, 4.69) is 26.0 Å². The number of carbonyl (C=O) groups excluding carboxylic acids is 1. The Labute approximate surface area is 151 Å². The molecule has 0 spiro atoms. The maximum absolute atomic E-state index is 12.9. The molecule has 0 radical (unpaired) electrons. The molecule has 7 nitrogen and oxygen atoms in total. The Morgan fingerprint density at radius 2 is 2.04 bits per heavy atom. The van der Waals surface area contributed by atoms with Crippen LogP contribution in [-0.2, 0) is 0 Å². The van der Waals surface area contributed by atoms with Crippen LogP contribution in [0.25, 0.3) is 11.2 Å². The molecule has 1 aliphatic rings. The third kappa shape index (κ3) is 3.12. The monoisotopic (exact) mass is 351 g/mol. The zero-order valence-electron chi connectivity index (χ0n) is 14.7. The van der Waals surface area contributed by atoms with Crippen molar-refractivity contribution in [1.82, 2.24) is 24.8 Å². The van der Waals surface area contributed by atoms with Crippen LogP contribution in [0, 0.1) is 0 Å². The minimum atomic E-state index is -0.0139. The zero-order chi connectivity index (χ0) is 17.9. The molecule has 0 unspecified atom stereocenters. The molecule has 7 heteroatoms. The lowest BCUT2D eigenvalue weighted by Crippen LogP contribution is -2.38. The van der Waals surface area contributed by atoms with Crippen LogP contribution >= 0.6 is 0 Å². The van der Waals surface area contributed by atoms with Gasteiger partial charge in [0.2, 0.25) is 5.88 Å². The Bertz CT molecular complexity index is 882. The van der Waals surface area contributed by atoms with Gasteiger partial charge in [-0.2, -0.15) is 0 Å². The first kappa shape index (κ1) is 16.5. The van der Waals surface area contributed by atoms with Crippen molar-refractivity contribution in [2.45, 2.75) is 25.7 Å². The highest BCUT2D eigenvalue weighted by molar-refractivity contribution is 5.96. The van der Waals surface area contributed by atoms with E-state index in [1.807, 2.05) is 11.8 Å². The molecular weight excluding hydrogens is 330 g/mol. The number of H-pyrrole nitrogens is 1. The molecule has 26 heavy (non-hydrogen) atoms. The molecular formula is C19H21N5O2. The quantitative estimate of drug-likeness (QED) is 0.781. The van der Waals surface area contributed by atoms with Crippen molar-refractivity contribution in [3.8, 4) is 5.88 Å². The minimum Gasteiger partial charge on any atom is -0.477 e. The largest absolute Gasteiger partial charge is 0.477 e. The van der Waals surface area contributed by atoms with Gasteiger partial charge >= 0.3 is 0 Å². The van der Waals surface area contributed by atoms with E-state index in [4.69, 9.17) is 4.74 Å². The van der Waals surface area contributed by atoms with E-state index in [-0.39, 0.29) is 5.91 Å². The number of hydrogen-bond acceptors (Lipinski definition) is 5. The number of piperidine rings is 1. The summed E-state index contributed by atoms with van der Waals surface area (Å²) in [5.74, 6) is 0.783. The number of likely N-dealkylation sites (tertiary alicyclic amines) is 1. The third-order valence-electron chi connectivity index (χ3n) is 4.79. The second-order valence-corrected chi connectivity index (χ2v) is 6.37. The summed E-state index contributed by atoms with van der Waals surface area (Å²) in [5.41, 5.74) is 3.39. The molecule has 134 valence electrons. The van der Waals surface area contributed by atoms with E-state index in [1.54, 1.807) is 30.7 Å². The lowest BCUT2D eigenvalue weighted by molar-refractivity contribution is 0.0707. The molecule has 1 aliphatic heterocycles. The molecule has 4 heterocycles. The maximum Gasteiger partial charge on any atom is 0.259 e. The predicted octanol–water partition coefficient (Wildman–Crippen LogP) is 2.77. The number of rotatable bonds is 4. The van der Waals surface area contributed by atoms with Gasteiger partial charge in [0.1, 0.15) is 11.1 Å². The normalized spacial score (nSPS) is 15.3. The molecule has 1 amide bonds. The first-order valence-electron chi connectivity index (χ1n) is 8.93. The Balaban J connectivity index is 1.45. The summed E-state index contributed by atoms with van der Waals surface area (Å²) in [6.45, 7) is 3.79. The maximum atomic E-state index is 12.9. The Kier molecular flexibility index (Phi) is 4.51. The fourth-order valence-corrected chi connectivity index (χ4v) is 3.46. The molecule has 1 saturated heterocycles. The van der Waals surface area contributed by atoms with E-state index in [9.17, 15) is 4.79 Å². The number of pyridine rings is 1. The second kappa shape index (κ2) is 7.11. The fraction of sp³-hybridized carbons (Fsp3) is 0.368. The standard InChI is InChI=1S/C19H21N5O2/c1-2-26-18-14(4-3-7-22-18)19(25)24-10-5-13(6-11-24)15-12-16-17(23-15)21-9-8-20-16/h3-4,7-9,12-13H,2,5-6,10-11H2,1H3,(H,21,23). The highest BCUT2D eigenvalue weighted by atomic mass is 16.5. The van der Waals surface area contributed by atoms with Gasteiger partial charge in [-0.15, -0.1) is 0 Å². The van der Waals surface area contributed by atoms with E-state index < -0.39 is 0 Å². The number of nitrogens with one attached hydrogen (secondary N) is 1. The first-order chi connectivity index (χ1) is 12.8. The van der Waals surface area contributed by atoms with Crippen molar-refractivity contribution in [3.05, 3.63) is 48.0 Å². The topological polar surface area (TPSA) is 84.0 Å². The number of aromatic amines is 1. The minimum absolute atomic E-state index is 0.0139. The summed E-state index contributed by atoms with van der Waals surface area (Å²) < 4.78 is 5.50. The fourth-order valence-electron chi connectivity index (χ4n) is 3.46. The van der Waals surface area contributed by atoms with Gasteiger partial charge in [-0.05, 0) is 38.0 Å². The number of fused-ring (bicyclic) bond motifs is 1. The number of amides is 1. The lowest BCUT2D eigenvalue weighted by atomic mass is 9.93. The van der Waals surface area contributed by atoms with Gasteiger partial charge in [-0.1, -0.05) is 0 Å². The van der Waals surface area contributed by atoms with Crippen LogP contribution in [0.3, 0.4) is 0 Å². The van der Waals surface area contributed by atoms with E-state index >= 15 is 0 Å². The molecule has 1 N–H and O–H groups in total. The third-order valence-corrected chi connectivity index (χ3v) is 4.79. The average molecular weight is 351 g/mol.